The first-order valence-corrected chi connectivity index (χ1v) is 17.5. The van der Waals surface area contributed by atoms with Crippen molar-refractivity contribution in [2.24, 2.45) is 0 Å². The minimum Gasteiger partial charge on any atom is -0.309 e. The third-order valence-corrected chi connectivity index (χ3v) is 10.9. The summed E-state index contributed by atoms with van der Waals surface area (Å²) in [5, 5.41) is 7.48. The topological polar surface area (TPSA) is 8.17 Å². The number of aromatic nitrogens is 1. The molecule has 0 unspecified atom stereocenters. The van der Waals surface area contributed by atoms with Crippen molar-refractivity contribution in [2.75, 3.05) is 4.90 Å². The van der Waals surface area contributed by atoms with Crippen molar-refractivity contribution in [3.8, 4) is 16.8 Å². The molecule has 3 heteroatoms. The highest BCUT2D eigenvalue weighted by molar-refractivity contribution is 7.26. The second kappa shape index (κ2) is 11.2. The highest BCUT2D eigenvalue weighted by atomic mass is 32.1. The Balaban J connectivity index is 1.32. The molecule has 0 saturated carbocycles. The Hall–Kier alpha value is -6.16. The van der Waals surface area contributed by atoms with Crippen LogP contribution in [-0.2, 0) is 0 Å². The molecule has 2 nitrogen and oxygen atoms in total. The average Bonchev–Trinajstić information content (AvgIpc) is 3.72. The predicted molar refractivity (Wildman–Crippen MR) is 211 cm³/mol. The second-order valence-electron chi connectivity index (χ2n) is 12.5. The Morgan fingerprint density at radius 3 is 1.82 bits per heavy atom. The van der Waals surface area contributed by atoms with Gasteiger partial charge < -0.3 is 9.47 Å². The quantitative estimate of drug-likeness (QED) is 0.181. The van der Waals surface area contributed by atoms with Crippen LogP contribution in [0.4, 0.5) is 17.1 Å². The van der Waals surface area contributed by atoms with E-state index in [4.69, 9.17) is 0 Å². The second-order valence-corrected chi connectivity index (χ2v) is 13.6. The van der Waals surface area contributed by atoms with Gasteiger partial charge in [0.15, 0.2) is 0 Å². The van der Waals surface area contributed by atoms with E-state index in [0.29, 0.717) is 0 Å². The molecular formula is C46H30N2S. The molecule has 8 aromatic carbocycles. The van der Waals surface area contributed by atoms with Crippen LogP contribution in [0.5, 0.6) is 0 Å². The molecule has 0 bridgehead atoms. The smallest absolute Gasteiger partial charge is 0.0621 e. The monoisotopic (exact) mass is 642 g/mol. The van der Waals surface area contributed by atoms with E-state index in [-0.39, 0.29) is 0 Å². The fraction of sp³-hybridized carbons (Fsp3) is 0. The fourth-order valence-electron chi connectivity index (χ4n) is 7.62. The maximum absolute atomic E-state index is 2.49. The van der Waals surface area contributed by atoms with Gasteiger partial charge in [-0.05, 0) is 65.7 Å². The van der Waals surface area contributed by atoms with Crippen LogP contribution in [0.15, 0.2) is 182 Å². The molecule has 0 N–H and O–H groups in total. The summed E-state index contributed by atoms with van der Waals surface area (Å²) in [6.07, 6.45) is 0. The van der Waals surface area contributed by atoms with E-state index in [1.165, 1.54) is 69.6 Å². The van der Waals surface area contributed by atoms with Crippen molar-refractivity contribution < 1.29 is 0 Å². The highest BCUT2D eigenvalue weighted by Crippen LogP contribution is 2.49. The van der Waals surface area contributed by atoms with Crippen LogP contribution in [0, 0.1) is 0 Å². The molecule has 230 valence electrons. The van der Waals surface area contributed by atoms with E-state index >= 15 is 0 Å². The summed E-state index contributed by atoms with van der Waals surface area (Å²) in [7, 11) is 0. The van der Waals surface area contributed by atoms with Gasteiger partial charge >= 0.3 is 0 Å². The van der Waals surface area contributed by atoms with Gasteiger partial charge in [0.25, 0.3) is 0 Å². The minimum atomic E-state index is 1.12. The molecule has 0 radical (unpaired) electrons. The molecule has 10 rings (SSSR count). The molecule has 0 aliphatic rings. The van der Waals surface area contributed by atoms with Crippen LogP contribution in [0.2, 0.25) is 0 Å². The lowest BCUT2D eigenvalue weighted by molar-refractivity contribution is 1.19. The molecule has 2 heterocycles. The molecule has 0 fully saturated rings. The maximum Gasteiger partial charge on any atom is 0.0621 e. The molecule has 0 aliphatic carbocycles. The number of anilines is 3. The zero-order valence-corrected chi connectivity index (χ0v) is 27.4. The molecule has 2 aromatic heterocycles. The van der Waals surface area contributed by atoms with Crippen LogP contribution in [0.25, 0.3) is 69.6 Å². The standard InChI is InChI=1S/C46H30N2S/c1-3-14-31(15-4-1)32-26-28-34(29-27-32)47(41-23-13-25-44-45(41)38-21-10-12-24-43(38)49-44)42-30-39-36-19-9-11-22-40(36)48(33-16-5-2-6-17-33)46(39)37-20-8-7-18-35(37)42/h1-30H. The summed E-state index contributed by atoms with van der Waals surface area (Å²) in [6.45, 7) is 0. The molecule has 0 saturated heterocycles. The lowest BCUT2D eigenvalue weighted by atomic mass is 10.00. The number of rotatable bonds is 5. The van der Waals surface area contributed by atoms with Crippen LogP contribution in [-0.4, -0.2) is 4.57 Å². The largest absolute Gasteiger partial charge is 0.309 e. The lowest BCUT2D eigenvalue weighted by Gasteiger charge is -2.28. The van der Waals surface area contributed by atoms with Gasteiger partial charge in [-0.25, -0.2) is 0 Å². The van der Waals surface area contributed by atoms with Gasteiger partial charge in [-0.2, -0.15) is 0 Å². The van der Waals surface area contributed by atoms with Crippen molar-refractivity contribution in [1.82, 2.24) is 4.57 Å². The van der Waals surface area contributed by atoms with Crippen molar-refractivity contribution >= 4 is 81.1 Å². The van der Waals surface area contributed by atoms with E-state index in [9.17, 15) is 0 Å². The van der Waals surface area contributed by atoms with Gasteiger partial charge in [0.05, 0.1) is 22.4 Å². The number of hydrogen-bond acceptors (Lipinski definition) is 2. The molecule has 0 spiro atoms. The summed E-state index contributed by atoms with van der Waals surface area (Å²) in [4.78, 5) is 2.49. The lowest BCUT2D eigenvalue weighted by Crippen LogP contribution is -2.11. The number of fused-ring (bicyclic) bond motifs is 8. The first kappa shape index (κ1) is 27.9. The molecule has 0 amide bonds. The van der Waals surface area contributed by atoms with Gasteiger partial charge in [0.1, 0.15) is 0 Å². The summed E-state index contributed by atoms with van der Waals surface area (Å²) < 4.78 is 5.02. The van der Waals surface area contributed by atoms with E-state index < -0.39 is 0 Å². The summed E-state index contributed by atoms with van der Waals surface area (Å²) in [6, 6.07) is 66.2. The van der Waals surface area contributed by atoms with Crippen LogP contribution in [0.1, 0.15) is 0 Å². The van der Waals surface area contributed by atoms with Crippen LogP contribution < -0.4 is 4.90 Å². The van der Waals surface area contributed by atoms with Crippen molar-refractivity contribution in [2.45, 2.75) is 0 Å². The normalized spacial score (nSPS) is 11.7. The molecule has 10 aromatic rings. The van der Waals surface area contributed by atoms with E-state index in [1.54, 1.807) is 0 Å². The molecule has 49 heavy (non-hydrogen) atoms. The van der Waals surface area contributed by atoms with E-state index in [2.05, 4.69) is 191 Å². The maximum atomic E-state index is 2.49. The first-order valence-electron chi connectivity index (χ1n) is 16.7. The van der Waals surface area contributed by atoms with Crippen LogP contribution >= 0.6 is 11.3 Å². The summed E-state index contributed by atoms with van der Waals surface area (Å²) >= 11 is 1.86. The van der Waals surface area contributed by atoms with Gasteiger partial charge in [0.2, 0.25) is 0 Å². The van der Waals surface area contributed by atoms with Gasteiger partial charge in [-0.3, -0.25) is 0 Å². The Kier molecular flexibility index (Phi) is 6.39. The average molecular weight is 643 g/mol. The first-order chi connectivity index (χ1) is 24.3. The predicted octanol–water partition coefficient (Wildman–Crippen LogP) is 13.4. The van der Waals surface area contributed by atoms with Gasteiger partial charge in [0, 0.05) is 53.1 Å². The van der Waals surface area contributed by atoms with Crippen molar-refractivity contribution in [3.05, 3.63) is 182 Å². The summed E-state index contributed by atoms with van der Waals surface area (Å²) in [5.41, 5.74) is 9.48. The SMILES string of the molecule is c1ccc(-c2ccc(N(c3cc4c5ccccc5n(-c5ccccc5)c4c4ccccc34)c3cccc4sc5ccccc5c34)cc2)cc1. The molecular weight excluding hydrogens is 613 g/mol. The third kappa shape index (κ3) is 4.40. The Morgan fingerprint density at radius 1 is 0.408 bits per heavy atom. The highest BCUT2D eigenvalue weighted by Gasteiger charge is 2.24. The van der Waals surface area contributed by atoms with E-state index in [1.807, 2.05) is 11.3 Å². The molecule has 0 atom stereocenters. The van der Waals surface area contributed by atoms with Crippen molar-refractivity contribution in [3.63, 3.8) is 0 Å². The number of thiophene rings is 1. The number of para-hydroxylation sites is 2. The van der Waals surface area contributed by atoms with Crippen molar-refractivity contribution in [1.29, 1.82) is 0 Å². The van der Waals surface area contributed by atoms with Crippen LogP contribution in [0.3, 0.4) is 0 Å². The Morgan fingerprint density at radius 2 is 1.02 bits per heavy atom. The van der Waals surface area contributed by atoms with E-state index in [0.717, 1.165) is 17.1 Å². The zero-order chi connectivity index (χ0) is 32.3. The molecule has 0 aliphatic heterocycles. The minimum absolute atomic E-state index is 1.12. The number of benzene rings is 8. The zero-order valence-electron chi connectivity index (χ0n) is 26.6. The third-order valence-electron chi connectivity index (χ3n) is 9.76. The Labute approximate surface area is 288 Å². The summed E-state index contributed by atoms with van der Waals surface area (Å²) in [5.74, 6) is 0. The van der Waals surface area contributed by atoms with Gasteiger partial charge in [-0.1, -0.05) is 127 Å². The fourth-order valence-corrected chi connectivity index (χ4v) is 8.74. The Bertz CT molecular complexity index is 2810. The van der Waals surface area contributed by atoms with Gasteiger partial charge in [-0.15, -0.1) is 11.3 Å². The number of hydrogen-bond donors (Lipinski definition) is 0. The number of nitrogens with zero attached hydrogens (tertiary/aromatic N) is 2.